The van der Waals surface area contributed by atoms with Gasteiger partial charge in [0.25, 0.3) is 0 Å². The molecule has 1 atom stereocenters. The van der Waals surface area contributed by atoms with Crippen LogP contribution in [0.4, 0.5) is 4.39 Å². The van der Waals surface area contributed by atoms with Gasteiger partial charge in [-0.1, -0.05) is 17.3 Å². The third-order valence-corrected chi connectivity index (χ3v) is 4.21. The molecular weight excluding hydrogens is 341 g/mol. The number of carboxylic acid groups (broad SMARTS) is 1. The van der Waals surface area contributed by atoms with Gasteiger partial charge in [-0.2, -0.15) is 4.98 Å². The van der Waals surface area contributed by atoms with Crippen LogP contribution in [0.2, 0.25) is 0 Å². The summed E-state index contributed by atoms with van der Waals surface area (Å²) in [6.45, 7) is 0. The lowest BCUT2D eigenvalue weighted by Crippen LogP contribution is -2.30. The van der Waals surface area contributed by atoms with Crippen LogP contribution in [0.15, 0.2) is 28.8 Å². The monoisotopic (exact) mass is 361 g/mol. The van der Waals surface area contributed by atoms with Gasteiger partial charge in [0.15, 0.2) is 5.82 Å². The number of aliphatic carboxylic acids is 1. The summed E-state index contributed by atoms with van der Waals surface area (Å²) in [7, 11) is 0. The minimum atomic E-state index is -1.04. The Morgan fingerprint density at radius 3 is 2.69 bits per heavy atom. The average molecular weight is 361 g/mol. The number of hydrogen-bond donors (Lipinski definition) is 2. The molecule has 0 radical (unpaired) electrons. The molecule has 1 unspecified atom stereocenters. The highest BCUT2D eigenvalue weighted by atomic mass is 19.1. The number of nitrogens with one attached hydrogen (secondary N) is 1. The topological polar surface area (TPSA) is 105 Å². The van der Waals surface area contributed by atoms with E-state index >= 15 is 0 Å². The third-order valence-electron chi connectivity index (χ3n) is 4.21. The van der Waals surface area contributed by atoms with E-state index in [1.165, 1.54) is 24.3 Å². The van der Waals surface area contributed by atoms with E-state index in [1.807, 2.05) is 0 Å². The molecule has 7 nitrogen and oxygen atoms in total. The minimum Gasteiger partial charge on any atom is -0.481 e. The lowest BCUT2D eigenvalue weighted by molar-refractivity contribution is -0.137. The molecule has 0 spiro atoms. The van der Waals surface area contributed by atoms with Crippen molar-refractivity contribution in [1.29, 1.82) is 0 Å². The zero-order chi connectivity index (χ0) is 18.5. The molecule has 0 bridgehead atoms. The lowest BCUT2D eigenvalue weighted by Gasteiger charge is -2.17. The van der Waals surface area contributed by atoms with Gasteiger partial charge in [-0.05, 0) is 37.0 Å². The van der Waals surface area contributed by atoms with Gasteiger partial charge in [0, 0.05) is 18.8 Å². The van der Waals surface area contributed by atoms with Crippen molar-refractivity contribution in [1.82, 2.24) is 15.5 Å². The summed E-state index contributed by atoms with van der Waals surface area (Å²) in [6, 6.07) is 4.72. The van der Waals surface area contributed by atoms with Crippen LogP contribution in [0.25, 0.3) is 0 Å². The molecule has 1 fully saturated rings. The van der Waals surface area contributed by atoms with Crippen molar-refractivity contribution in [2.45, 2.75) is 50.5 Å². The lowest BCUT2D eigenvalue weighted by atomic mass is 10.0. The first-order valence-electron chi connectivity index (χ1n) is 8.60. The van der Waals surface area contributed by atoms with Gasteiger partial charge in [-0.3, -0.25) is 9.59 Å². The number of benzene rings is 1. The van der Waals surface area contributed by atoms with Crippen molar-refractivity contribution in [2.24, 2.45) is 0 Å². The SMILES string of the molecule is O=C(O)CC(NC(=O)CCCc1nc(C2CC2)no1)c1ccc(F)cc1. The predicted octanol–water partition coefficient (Wildman–Crippen LogP) is 2.74. The number of aromatic nitrogens is 2. The van der Waals surface area contributed by atoms with Crippen molar-refractivity contribution < 1.29 is 23.6 Å². The molecule has 1 saturated carbocycles. The number of amides is 1. The number of rotatable bonds is 9. The van der Waals surface area contributed by atoms with Crippen molar-refractivity contribution in [3.63, 3.8) is 0 Å². The van der Waals surface area contributed by atoms with Crippen LogP contribution < -0.4 is 5.32 Å². The number of carboxylic acids is 1. The minimum absolute atomic E-state index is 0.207. The van der Waals surface area contributed by atoms with Gasteiger partial charge in [0.2, 0.25) is 11.8 Å². The van der Waals surface area contributed by atoms with Gasteiger partial charge < -0.3 is 14.9 Å². The molecule has 1 aromatic carbocycles. The number of carbonyl (C=O) groups excluding carboxylic acids is 1. The Hall–Kier alpha value is -2.77. The number of carbonyl (C=O) groups is 2. The zero-order valence-electron chi connectivity index (χ0n) is 14.2. The number of nitrogens with zero attached hydrogens (tertiary/aromatic N) is 2. The van der Waals surface area contributed by atoms with Crippen LogP contribution in [0.3, 0.4) is 0 Å². The maximum absolute atomic E-state index is 13.0. The van der Waals surface area contributed by atoms with Crippen molar-refractivity contribution in [2.75, 3.05) is 0 Å². The standard InChI is InChI=1S/C18H20FN3O4/c19-13-8-6-11(7-9-13)14(10-17(24)25)20-15(23)2-1-3-16-21-18(22-26-16)12-4-5-12/h6-9,12,14H,1-5,10H2,(H,20,23)(H,24,25). The van der Waals surface area contributed by atoms with Crippen molar-refractivity contribution in [3.8, 4) is 0 Å². The van der Waals surface area contributed by atoms with Gasteiger partial charge in [0.1, 0.15) is 5.82 Å². The van der Waals surface area contributed by atoms with E-state index in [9.17, 15) is 14.0 Å². The fourth-order valence-corrected chi connectivity index (χ4v) is 2.67. The fraction of sp³-hybridized carbons (Fsp3) is 0.444. The quantitative estimate of drug-likeness (QED) is 0.711. The summed E-state index contributed by atoms with van der Waals surface area (Å²) >= 11 is 0. The first-order valence-corrected chi connectivity index (χ1v) is 8.60. The van der Waals surface area contributed by atoms with Crippen LogP contribution in [0.1, 0.15) is 61.3 Å². The predicted molar refractivity (Wildman–Crippen MR) is 88.7 cm³/mol. The largest absolute Gasteiger partial charge is 0.481 e. The Balaban J connectivity index is 1.49. The van der Waals surface area contributed by atoms with E-state index in [-0.39, 0.29) is 18.7 Å². The second-order valence-corrected chi connectivity index (χ2v) is 6.44. The summed E-state index contributed by atoms with van der Waals surface area (Å²) in [5, 5.41) is 15.7. The Morgan fingerprint density at radius 1 is 1.31 bits per heavy atom. The zero-order valence-corrected chi connectivity index (χ0v) is 14.2. The summed E-state index contributed by atoms with van der Waals surface area (Å²) in [4.78, 5) is 27.5. The smallest absolute Gasteiger partial charge is 0.305 e. The van der Waals surface area contributed by atoms with E-state index < -0.39 is 17.8 Å². The molecular formula is C18H20FN3O4. The second-order valence-electron chi connectivity index (χ2n) is 6.44. The third kappa shape index (κ3) is 5.11. The number of aryl methyl sites for hydroxylation is 1. The summed E-state index contributed by atoms with van der Waals surface area (Å²) in [5.41, 5.74) is 0.549. The molecule has 26 heavy (non-hydrogen) atoms. The maximum atomic E-state index is 13.0. The highest BCUT2D eigenvalue weighted by molar-refractivity contribution is 5.77. The highest BCUT2D eigenvalue weighted by Crippen LogP contribution is 2.38. The molecule has 0 aliphatic heterocycles. The van der Waals surface area contributed by atoms with Crippen LogP contribution in [0.5, 0.6) is 0 Å². The molecule has 1 aromatic heterocycles. The van der Waals surface area contributed by atoms with Crippen LogP contribution in [0, 0.1) is 5.82 Å². The van der Waals surface area contributed by atoms with Gasteiger partial charge in [0.05, 0.1) is 12.5 Å². The number of halogens is 1. The Morgan fingerprint density at radius 2 is 2.04 bits per heavy atom. The molecule has 8 heteroatoms. The molecule has 1 aliphatic rings. The van der Waals surface area contributed by atoms with E-state index in [1.54, 1.807) is 0 Å². The fourth-order valence-electron chi connectivity index (χ4n) is 2.67. The van der Waals surface area contributed by atoms with E-state index in [4.69, 9.17) is 9.63 Å². The molecule has 1 heterocycles. The summed E-state index contributed by atoms with van der Waals surface area (Å²) in [6.07, 6.45) is 3.13. The van der Waals surface area contributed by atoms with Gasteiger partial charge in [-0.15, -0.1) is 0 Å². The normalized spacial score (nSPS) is 14.8. The van der Waals surface area contributed by atoms with Gasteiger partial charge >= 0.3 is 5.97 Å². The van der Waals surface area contributed by atoms with E-state index in [0.29, 0.717) is 30.2 Å². The average Bonchev–Trinajstić information content (AvgIpc) is 3.34. The molecule has 2 N–H and O–H groups in total. The molecule has 1 amide bonds. The van der Waals surface area contributed by atoms with E-state index in [2.05, 4.69) is 15.5 Å². The molecule has 2 aromatic rings. The second kappa shape index (κ2) is 8.07. The summed E-state index contributed by atoms with van der Waals surface area (Å²) < 4.78 is 18.2. The van der Waals surface area contributed by atoms with Gasteiger partial charge in [-0.25, -0.2) is 4.39 Å². The molecule has 138 valence electrons. The van der Waals surface area contributed by atoms with Crippen LogP contribution in [-0.4, -0.2) is 27.1 Å². The highest BCUT2D eigenvalue weighted by Gasteiger charge is 2.28. The van der Waals surface area contributed by atoms with Crippen molar-refractivity contribution in [3.05, 3.63) is 47.4 Å². The van der Waals surface area contributed by atoms with E-state index in [0.717, 1.165) is 18.7 Å². The first kappa shape index (κ1) is 18.0. The van der Waals surface area contributed by atoms with Crippen LogP contribution >= 0.6 is 0 Å². The molecule has 3 rings (SSSR count). The molecule has 0 saturated heterocycles. The van der Waals surface area contributed by atoms with Crippen molar-refractivity contribution >= 4 is 11.9 Å². The maximum Gasteiger partial charge on any atom is 0.305 e. The Labute approximate surface area is 149 Å². The Bertz CT molecular complexity index is 771. The summed E-state index contributed by atoms with van der Waals surface area (Å²) in [5.74, 6) is -0.0641. The first-order chi connectivity index (χ1) is 12.5. The number of hydrogen-bond acceptors (Lipinski definition) is 5. The van der Waals surface area contributed by atoms with Crippen LogP contribution in [-0.2, 0) is 16.0 Å². The molecule has 1 aliphatic carbocycles. The Kier molecular flexibility index (Phi) is 5.60.